The van der Waals surface area contributed by atoms with Gasteiger partial charge >= 0.3 is 0 Å². The molecule has 0 atom stereocenters. The van der Waals surface area contributed by atoms with E-state index in [9.17, 15) is 0 Å². The van der Waals surface area contributed by atoms with Gasteiger partial charge in [-0.05, 0) is 19.8 Å². The Labute approximate surface area is 107 Å². The number of hydrogen-bond donors (Lipinski definition) is 1. The molecule has 1 aliphatic carbocycles. The second kappa shape index (κ2) is 5.54. The van der Waals surface area contributed by atoms with Gasteiger partial charge in [-0.25, -0.2) is 0 Å². The molecule has 5 heteroatoms. The highest BCUT2D eigenvalue weighted by Crippen LogP contribution is 2.33. The van der Waals surface area contributed by atoms with Gasteiger partial charge in [-0.2, -0.15) is 4.98 Å². The molecule has 0 aromatic carbocycles. The molecule has 0 spiro atoms. The van der Waals surface area contributed by atoms with E-state index in [0.717, 1.165) is 18.7 Å². The third-order valence-corrected chi connectivity index (χ3v) is 3.63. The number of ether oxygens (including phenoxy) is 1. The second-order valence-electron chi connectivity index (χ2n) is 4.42. The van der Waals surface area contributed by atoms with Gasteiger partial charge in [0.1, 0.15) is 5.82 Å². The van der Waals surface area contributed by atoms with E-state index in [4.69, 9.17) is 16.3 Å². The minimum atomic E-state index is -0.0128. The highest BCUT2D eigenvalue weighted by molar-refractivity contribution is 6.18. The summed E-state index contributed by atoms with van der Waals surface area (Å²) >= 11 is 6.07. The van der Waals surface area contributed by atoms with E-state index in [2.05, 4.69) is 15.3 Å². The number of halogens is 1. The lowest BCUT2D eigenvalue weighted by molar-refractivity contribution is 0.325. The predicted molar refractivity (Wildman–Crippen MR) is 68.7 cm³/mol. The van der Waals surface area contributed by atoms with Crippen LogP contribution in [0.25, 0.3) is 0 Å². The summed E-state index contributed by atoms with van der Waals surface area (Å²) in [5.41, 5.74) is -0.0128. The summed E-state index contributed by atoms with van der Waals surface area (Å²) in [6.07, 6.45) is 7.97. The van der Waals surface area contributed by atoms with Gasteiger partial charge in [0.15, 0.2) is 0 Å². The standard InChI is InChI=1S/C12H18ClN3O/c1-2-17-11-8-14-7-10(15-11)16-12(9-13)5-3-4-6-12/h7-8H,2-6,9H2,1H3,(H,15,16). The fraction of sp³-hybridized carbons (Fsp3) is 0.667. The Hall–Kier alpha value is -1.03. The first-order valence-electron chi connectivity index (χ1n) is 6.07. The van der Waals surface area contributed by atoms with Crippen LogP contribution in [0, 0.1) is 0 Å². The molecule has 4 nitrogen and oxygen atoms in total. The molecule has 0 saturated heterocycles. The Bertz CT molecular complexity index is 367. The summed E-state index contributed by atoms with van der Waals surface area (Å²) in [6.45, 7) is 2.53. The zero-order valence-electron chi connectivity index (χ0n) is 10.1. The van der Waals surface area contributed by atoms with Crippen LogP contribution in [-0.2, 0) is 0 Å². The maximum Gasteiger partial charge on any atom is 0.234 e. The largest absolute Gasteiger partial charge is 0.477 e. The van der Waals surface area contributed by atoms with Gasteiger partial charge in [-0.1, -0.05) is 12.8 Å². The molecule has 0 radical (unpaired) electrons. The number of anilines is 1. The smallest absolute Gasteiger partial charge is 0.234 e. The van der Waals surface area contributed by atoms with Crippen LogP contribution >= 0.6 is 11.6 Å². The average Bonchev–Trinajstić information content (AvgIpc) is 2.79. The van der Waals surface area contributed by atoms with E-state index in [0.29, 0.717) is 18.4 Å². The van der Waals surface area contributed by atoms with E-state index in [1.165, 1.54) is 12.8 Å². The summed E-state index contributed by atoms with van der Waals surface area (Å²) in [7, 11) is 0. The van der Waals surface area contributed by atoms with Crippen LogP contribution in [0.2, 0.25) is 0 Å². The molecule has 2 rings (SSSR count). The molecular weight excluding hydrogens is 238 g/mol. The van der Waals surface area contributed by atoms with Crippen LogP contribution in [0.5, 0.6) is 5.88 Å². The Morgan fingerprint density at radius 3 is 2.82 bits per heavy atom. The van der Waals surface area contributed by atoms with Gasteiger partial charge in [0.25, 0.3) is 0 Å². The van der Waals surface area contributed by atoms with Crippen molar-refractivity contribution in [3.05, 3.63) is 12.4 Å². The van der Waals surface area contributed by atoms with E-state index in [-0.39, 0.29) is 5.54 Å². The van der Waals surface area contributed by atoms with Crippen molar-refractivity contribution < 1.29 is 4.74 Å². The first-order valence-corrected chi connectivity index (χ1v) is 6.60. The molecule has 0 bridgehead atoms. The second-order valence-corrected chi connectivity index (χ2v) is 4.69. The van der Waals surface area contributed by atoms with E-state index in [1.54, 1.807) is 12.4 Å². The fourth-order valence-corrected chi connectivity index (χ4v) is 2.58. The van der Waals surface area contributed by atoms with Crippen LogP contribution in [0.15, 0.2) is 12.4 Å². The summed E-state index contributed by atoms with van der Waals surface area (Å²) in [6, 6.07) is 0. The molecular formula is C12H18ClN3O. The van der Waals surface area contributed by atoms with Crippen molar-refractivity contribution in [2.24, 2.45) is 0 Å². The number of hydrogen-bond acceptors (Lipinski definition) is 4. The Morgan fingerprint density at radius 1 is 1.41 bits per heavy atom. The quantitative estimate of drug-likeness (QED) is 0.822. The highest BCUT2D eigenvalue weighted by atomic mass is 35.5. The van der Waals surface area contributed by atoms with Crippen molar-refractivity contribution in [1.82, 2.24) is 9.97 Å². The Kier molecular flexibility index (Phi) is 4.05. The van der Waals surface area contributed by atoms with Gasteiger partial charge in [0.05, 0.1) is 24.5 Å². The monoisotopic (exact) mass is 255 g/mol. The Morgan fingerprint density at radius 2 is 2.18 bits per heavy atom. The van der Waals surface area contributed by atoms with Crippen LogP contribution in [0.4, 0.5) is 5.82 Å². The topological polar surface area (TPSA) is 47.0 Å². The molecule has 1 saturated carbocycles. The van der Waals surface area contributed by atoms with Crippen molar-refractivity contribution in [2.45, 2.75) is 38.1 Å². The first kappa shape index (κ1) is 12.4. The van der Waals surface area contributed by atoms with Gasteiger partial charge in [-0.3, -0.25) is 4.98 Å². The van der Waals surface area contributed by atoms with Crippen molar-refractivity contribution in [3.8, 4) is 5.88 Å². The minimum absolute atomic E-state index is 0.0128. The van der Waals surface area contributed by atoms with Gasteiger partial charge < -0.3 is 10.1 Å². The van der Waals surface area contributed by atoms with Crippen LogP contribution in [-0.4, -0.2) is 28.0 Å². The molecule has 1 aromatic heterocycles. The SMILES string of the molecule is CCOc1cncc(NC2(CCl)CCCC2)n1. The van der Waals surface area contributed by atoms with Crippen LogP contribution in [0.1, 0.15) is 32.6 Å². The van der Waals surface area contributed by atoms with Crippen molar-refractivity contribution in [1.29, 1.82) is 0 Å². The maximum absolute atomic E-state index is 6.07. The molecule has 1 aromatic rings. The number of nitrogens with one attached hydrogen (secondary N) is 1. The lowest BCUT2D eigenvalue weighted by Gasteiger charge is -2.28. The summed E-state index contributed by atoms with van der Waals surface area (Å²) < 4.78 is 5.33. The van der Waals surface area contributed by atoms with Gasteiger partial charge in [0, 0.05) is 5.88 Å². The molecule has 0 amide bonds. The molecule has 0 aliphatic heterocycles. The molecule has 1 fully saturated rings. The summed E-state index contributed by atoms with van der Waals surface area (Å²) in [5.74, 6) is 1.91. The third-order valence-electron chi connectivity index (χ3n) is 3.11. The third kappa shape index (κ3) is 3.00. The molecule has 0 unspecified atom stereocenters. The molecule has 1 N–H and O–H groups in total. The number of aromatic nitrogens is 2. The van der Waals surface area contributed by atoms with E-state index < -0.39 is 0 Å². The molecule has 1 heterocycles. The zero-order chi connectivity index (χ0) is 12.1. The van der Waals surface area contributed by atoms with Crippen LogP contribution in [0.3, 0.4) is 0 Å². The number of alkyl halides is 1. The van der Waals surface area contributed by atoms with Crippen molar-refractivity contribution in [3.63, 3.8) is 0 Å². The van der Waals surface area contributed by atoms with Crippen molar-refractivity contribution in [2.75, 3.05) is 17.8 Å². The summed E-state index contributed by atoms with van der Waals surface area (Å²) in [5, 5.41) is 3.42. The average molecular weight is 256 g/mol. The fourth-order valence-electron chi connectivity index (χ4n) is 2.24. The van der Waals surface area contributed by atoms with Gasteiger partial charge in [-0.15, -0.1) is 11.6 Å². The predicted octanol–water partition coefficient (Wildman–Crippen LogP) is 2.84. The van der Waals surface area contributed by atoms with Crippen molar-refractivity contribution >= 4 is 17.4 Å². The lowest BCUT2D eigenvalue weighted by Crippen LogP contribution is -2.37. The molecule has 94 valence electrons. The zero-order valence-corrected chi connectivity index (χ0v) is 10.8. The highest BCUT2D eigenvalue weighted by Gasteiger charge is 2.33. The summed E-state index contributed by atoms with van der Waals surface area (Å²) in [4.78, 5) is 8.48. The van der Waals surface area contributed by atoms with E-state index >= 15 is 0 Å². The Balaban J connectivity index is 2.09. The number of nitrogens with zero attached hydrogens (tertiary/aromatic N) is 2. The lowest BCUT2D eigenvalue weighted by atomic mass is 10.0. The van der Waals surface area contributed by atoms with Gasteiger partial charge in [0.2, 0.25) is 5.88 Å². The van der Waals surface area contributed by atoms with E-state index in [1.807, 2.05) is 6.92 Å². The minimum Gasteiger partial charge on any atom is -0.477 e. The number of rotatable bonds is 5. The normalized spacial score (nSPS) is 18.0. The molecule has 17 heavy (non-hydrogen) atoms. The molecule has 1 aliphatic rings. The first-order chi connectivity index (χ1) is 8.28. The maximum atomic E-state index is 6.07. The van der Waals surface area contributed by atoms with Crippen LogP contribution < -0.4 is 10.1 Å².